The quantitative estimate of drug-likeness (QED) is 0.0286. The van der Waals surface area contributed by atoms with Crippen LogP contribution in [0.4, 0.5) is 0 Å². The average Bonchev–Trinajstić information content (AvgIpc) is 3.14. The van der Waals surface area contributed by atoms with E-state index in [2.05, 4.69) is 50.3 Å². The van der Waals surface area contributed by atoms with Crippen LogP contribution in [-0.4, -0.2) is 80.6 Å². The molecule has 2 unspecified atom stereocenters. The molecule has 55 heavy (non-hydrogen) atoms. The number of carboxylic acids is 1. The molecule has 0 spiro atoms. The molecule has 1 N–H and O–H groups in total. The topological polar surface area (TPSA) is 99.1 Å². The van der Waals surface area contributed by atoms with Crippen LogP contribution in [0.1, 0.15) is 194 Å². The lowest BCUT2D eigenvalue weighted by Gasteiger charge is -2.31. The van der Waals surface area contributed by atoms with Crippen LogP contribution in [0.3, 0.4) is 0 Å². The van der Waals surface area contributed by atoms with Crippen molar-refractivity contribution in [2.75, 3.05) is 41.0 Å². The molecule has 0 aromatic heterocycles. The standard InChI is InChI=1S/C47H85NO7/c1-6-8-10-12-14-16-18-20-22-24-26-28-30-32-34-36-38-46(50)55-43(41-53-40-39-44(47(51)52)48(3,4)5)42-54-45(49)37-35-33-31-29-27-25-23-21-19-17-15-13-11-9-7-2/h8,10,14,16,20,22,43-44H,6-7,9,11-13,15,17-19,21,23-42H2,1-5H3/p+1/b10-8+,16-14+,22-20+. The molecule has 0 aliphatic heterocycles. The normalized spacial score (nSPS) is 13.3. The van der Waals surface area contributed by atoms with Crippen LogP contribution in [0.15, 0.2) is 36.5 Å². The zero-order valence-corrected chi connectivity index (χ0v) is 36.4. The summed E-state index contributed by atoms with van der Waals surface area (Å²) in [4.78, 5) is 37.0. The first-order chi connectivity index (χ1) is 26.6. The maximum Gasteiger partial charge on any atom is 0.362 e. The van der Waals surface area contributed by atoms with Gasteiger partial charge >= 0.3 is 17.9 Å². The second kappa shape index (κ2) is 38.4. The monoisotopic (exact) mass is 777 g/mol. The van der Waals surface area contributed by atoms with Crippen LogP contribution in [0.5, 0.6) is 0 Å². The summed E-state index contributed by atoms with van der Waals surface area (Å²) in [5.74, 6) is -1.48. The SMILES string of the molecule is CC/C=C/C/C=C/C/C=C/CCCCCCCCC(=O)OC(COCCC(C(=O)O)[N+](C)(C)C)COC(=O)CCCCCCCCCCCCCCCCC. The summed E-state index contributed by atoms with van der Waals surface area (Å²) in [5.41, 5.74) is 0. The van der Waals surface area contributed by atoms with Gasteiger partial charge in [-0.25, -0.2) is 4.79 Å². The van der Waals surface area contributed by atoms with E-state index < -0.39 is 18.1 Å². The Labute approximate surface area is 338 Å². The van der Waals surface area contributed by atoms with Crippen molar-refractivity contribution >= 4 is 17.9 Å². The molecule has 0 heterocycles. The molecular weight excluding hydrogens is 691 g/mol. The van der Waals surface area contributed by atoms with E-state index in [4.69, 9.17) is 14.2 Å². The van der Waals surface area contributed by atoms with Gasteiger partial charge in [0.1, 0.15) is 6.61 Å². The minimum Gasteiger partial charge on any atom is -0.477 e. The first kappa shape index (κ1) is 52.6. The number of carboxylic acid groups (broad SMARTS) is 1. The number of likely N-dealkylation sites (N-methyl/N-ethyl adjacent to an activating group) is 1. The molecule has 2 atom stereocenters. The molecule has 0 saturated heterocycles. The smallest absolute Gasteiger partial charge is 0.362 e. The number of allylic oxidation sites excluding steroid dienone is 6. The third kappa shape index (κ3) is 36.9. The Hall–Kier alpha value is -2.45. The molecule has 0 amide bonds. The zero-order valence-electron chi connectivity index (χ0n) is 36.4. The number of esters is 2. The van der Waals surface area contributed by atoms with E-state index >= 15 is 0 Å². The number of carbonyl (C=O) groups is 3. The van der Waals surface area contributed by atoms with Crippen LogP contribution in [0, 0.1) is 0 Å². The summed E-state index contributed by atoms with van der Waals surface area (Å²) in [6.45, 7) is 4.62. The van der Waals surface area contributed by atoms with Gasteiger partial charge in [-0.1, -0.05) is 166 Å². The van der Waals surface area contributed by atoms with Crippen molar-refractivity contribution in [1.82, 2.24) is 0 Å². The van der Waals surface area contributed by atoms with E-state index in [1.54, 1.807) is 0 Å². The van der Waals surface area contributed by atoms with Crippen molar-refractivity contribution in [1.29, 1.82) is 0 Å². The van der Waals surface area contributed by atoms with Gasteiger partial charge in [-0.15, -0.1) is 0 Å². The Balaban J connectivity index is 4.34. The maximum absolute atomic E-state index is 12.7. The van der Waals surface area contributed by atoms with Crippen molar-refractivity contribution in [2.24, 2.45) is 0 Å². The number of ether oxygens (including phenoxy) is 3. The van der Waals surface area contributed by atoms with Crippen molar-refractivity contribution in [3.63, 3.8) is 0 Å². The molecule has 0 aromatic carbocycles. The molecule has 0 saturated carbocycles. The van der Waals surface area contributed by atoms with E-state index in [-0.39, 0.29) is 36.2 Å². The van der Waals surface area contributed by atoms with Crippen LogP contribution >= 0.6 is 0 Å². The van der Waals surface area contributed by atoms with E-state index in [1.807, 2.05) is 21.1 Å². The van der Waals surface area contributed by atoms with Crippen LogP contribution in [0.2, 0.25) is 0 Å². The van der Waals surface area contributed by atoms with Gasteiger partial charge in [0.05, 0.1) is 34.4 Å². The van der Waals surface area contributed by atoms with Gasteiger partial charge in [0.25, 0.3) is 0 Å². The predicted molar refractivity (Wildman–Crippen MR) is 229 cm³/mol. The van der Waals surface area contributed by atoms with E-state index in [0.717, 1.165) is 70.6 Å². The summed E-state index contributed by atoms with van der Waals surface area (Å²) in [6, 6.07) is -0.615. The Bertz CT molecular complexity index is 1000. The van der Waals surface area contributed by atoms with Crippen LogP contribution in [0.25, 0.3) is 0 Å². The second-order valence-electron chi connectivity index (χ2n) is 16.3. The second-order valence-corrected chi connectivity index (χ2v) is 16.3. The molecule has 8 heteroatoms. The number of rotatable bonds is 40. The summed E-state index contributed by atoms with van der Waals surface area (Å²) < 4.78 is 17.3. The Kier molecular flexibility index (Phi) is 36.7. The number of unbranched alkanes of at least 4 members (excludes halogenated alkanes) is 20. The van der Waals surface area contributed by atoms with Crippen molar-refractivity contribution in [2.45, 2.75) is 206 Å². The van der Waals surface area contributed by atoms with Gasteiger partial charge in [0.2, 0.25) is 0 Å². The lowest BCUT2D eigenvalue weighted by atomic mass is 10.0. The number of carbonyl (C=O) groups excluding carboxylic acids is 2. The van der Waals surface area contributed by atoms with Gasteiger partial charge in [0, 0.05) is 19.3 Å². The lowest BCUT2D eigenvalue weighted by molar-refractivity contribution is -0.887. The summed E-state index contributed by atoms with van der Waals surface area (Å²) in [6.07, 6.45) is 43.2. The van der Waals surface area contributed by atoms with E-state index in [9.17, 15) is 19.5 Å². The highest BCUT2D eigenvalue weighted by Crippen LogP contribution is 2.15. The molecule has 320 valence electrons. The minimum atomic E-state index is -0.877. The third-order valence-electron chi connectivity index (χ3n) is 10.1. The fourth-order valence-corrected chi connectivity index (χ4v) is 6.58. The summed E-state index contributed by atoms with van der Waals surface area (Å²) in [7, 11) is 5.52. The summed E-state index contributed by atoms with van der Waals surface area (Å²) in [5, 5.41) is 9.62. The molecule has 0 aliphatic rings. The summed E-state index contributed by atoms with van der Waals surface area (Å²) >= 11 is 0. The average molecular weight is 777 g/mol. The van der Waals surface area contributed by atoms with Gasteiger partial charge in [-0.05, 0) is 44.9 Å². The number of aliphatic carboxylic acids is 1. The number of nitrogens with zero attached hydrogens (tertiary/aromatic N) is 1. The fraction of sp³-hybridized carbons (Fsp3) is 0.809. The fourth-order valence-electron chi connectivity index (χ4n) is 6.58. The van der Waals surface area contributed by atoms with Crippen molar-refractivity contribution in [3.05, 3.63) is 36.5 Å². The third-order valence-corrected chi connectivity index (χ3v) is 10.1. The Morgan fingerprint density at radius 2 is 1.02 bits per heavy atom. The van der Waals surface area contributed by atoms with Crippen molar-refractivity contribution < 1.29 is 38.2 Å². The Morgan fingerprint density at radius 1 is 0.564 bits per heavy atom. The number of hydrogen-bond donors (Lipinski definition) is 1. The van der Waals surface area contributed by atoms with Gasteiger partial charge in [-0.3, -0.25) is 9.59 Å². The largest absolute Gasteiger partial charge is 0.477 e. The molecule has 0 aliphatic carbocycles. The van der Waals surface area contributed by atoms with E-state index in [0.29, 0.717) is 19.3 Å². The molecule has 0 fully saturated rings. The van der Waals surface area contributed by atoms with Gasteiger partial charge in [0.15, 0.2) is 12.1 Å². The highest BCUT2D eigenvalue weighted by molar-refractivity contribution is 5.72. The van der Waals surface area contributed by atoms with E-state index in [1.165, 1.54) is 89.9 Å². The maximum atomic E-state index is 12.7. The van der Waals surface area contributed by atoms with Crippen molar-refractivity contribution in [3.8, 4) is 0 Å². The van der Waals surface area contributed by atoms with Crippen LogP contribution < -0.4 is 0 Å². The molecule has 0 aromatic rings. The zero-order chi connectivity index (χ0) is 40.7. The molecular formula is C47H86NO7+. The molecule has 0 bridgehead atoms. The van der Waals surface area contributed by atoms with Crippen LogP contribution in [-0.2, 0) is 28.6 Å². The number of hydrogen-bond acceptors (Lipinski definition) is 6. The molecule has 8 nitrogen and oxygen atoms in total. The molecule has 0 rings (SSSR count). The minimum absolute atomic E-state index is 0.0535. The van der Waals surface area contributed by atoms with Gasteiger partial charge < -0.3 is 23.8 Å². The van der Waals surface area contributed by atoms with Gasteiger partial charge in [-0.2, -0.15) is 0 Å². The predicted octanol–water partition coefficient (Wildman–Crippen LogP) is 12.2. The highest BCUT2D eigenvalue weighted by atomic mass is 16.6. The number of quaternary nitrogens is 1. The molecule has 0 radical (unpaired) electrons. The first-order valence-electron chi connectivity index (χ1n) is 22.5. The first-order valence-corrected chi connectivity index (χ1v) is 22.5. The highest BCUT2D eigenvalue weighted by Gasteiger charge is 2.31. The Morgan fingerprint density at radius 3 is 1.51 bits per heavy atom. The lowest BCUT2D eigenvalue weighted by Crippen LogP contribution is -2.50.